The van der Waals surface area contributed by atoms with Gasteiger partial charge in [-0.1, -0.05) is 13.8 Å². The lowest BCUT2D eigenvalue weighted by Crippen LogP contribution is -2.39. The summed E-state index contributed by atoms with van der Waals surface area (Å²) in [5.41, 5.74) is 1.56. The van der Waals surface area contributed by atoms with Gasteiger partial charge >= 0.3 is 0 Å². The third kappa shape index (κ3) is 2.49. The summed E-state index contributed by atoms with van der Waals surface area (Å²) in [4.78, 5) is 4.50. The van der Waals surface area contributed by atoms with Gasteiger partial charge in [-0.25, -0.2) is 4.39 Å². The quantitative estimate of drug-likeness (QED) is 0.779. The molecule has 1 fully saturated rings. The lowest BCUT2D eigenvalue weighted by atomic mass is 9.80. The van der Waals surface area contributed by atoms with E-state index in [4.69, 9.17) is 4.52 Å². The zero-order valence-electron chi connectivity index (χ0n) is 13.8. The van der Waals surface area contributed by atoms with E-state index in [0.717, 1.165) is 36.9 Å². The van der Waals surface area contributed by atoms with Crippen molar-refractivity contribution in [3.8, 4) is 5.95 Å². The maximum absolute atomic E-state index is 13.6. The van der Waals surface area contributed by atoms with Crippen LogP contribution in [0.5, 0.6) is 0 Å². The highest BCUT2D eigenvalue weighted by molar-refractivity contribution is 5.83. The first kappa shape index (κ1) is 15.3. The Morgan fingerprint density at radius 3 is 2.92 bits per heavy atom. The van der Waals surface area contributed by atoms with Gasteiger partial charge in [0.25, 0.3) is 5.95 Å². The molecule has 24 heavy (non-hydrogen) atoms. The minimum absolute atomic E-state index is 0.291. The van der Waals surface area contributed by atoms with E-state index in [0.29, 0.717) is 29.3 Å². The van der Waals surface area contributed by atoms with Crippen molar-refractivity contribution in [1.82, 2.24) is 25.2 Å². The molecule has 0 spiro atoms. The van der Waals surface area contributed by atoms with Gasteiger partial charge in [0.15, 0.2) is 0 Å². The van der Waals surface area contributed by atoms with Gasteiger partial charge in [0.05, 0.1) is 11.2 Å². The third-order valence-electron chi connectivity index (χ3n) is 4.66. The molecule has 1 aliphatic rings. The highest BCUT2D eigenvalue weighted by Gasteiger charge is 2.34. The summed E-state index contributed by atoms with van der Waals surface area (Å²) in [6.45, 7) is 5.09. The van der Waals surface area contributed by atoms with Gasteiger partial charge in [-0.15, -0.1) is 0 Å². The van der Waals surface area contributed by atoms with Gasteiger partial charge in [0.2, 0.25) is 5.89 Å². The van der Waals surface area contributed by atoms with Crippen LogP contribution in [0.3, 0.4) is 0 Å². The molecule has 0 saturated heterocycles. The number of nitrogens with one attached hydrogen (secondary N) is 1. The molecule has 0 bridgehead atoms. The van der Waals surface area contributed by atoms with Crippen LogP contribution < -0.4 is 5.32 Å². The molecule has 4 rings (SSSR count). The summed E-state index contributed by atoms with van der Waals surface area (Å²) in [5.74, 6) is 0.992. The van der Waals surface area contributed by atoms with Crippen LogP contribution in [0, 0.1) is 5.82 Å². The summed E-state index contributed by atoms with van der Waals surface area (Å²) in [6.07, 6.45) is 2.77. The van der Waals surface area contributed by atoms with Crippen molar-refractivity contribution in [2.24, 2.45) is 0 Å². The first-order valence-corrected chi connectivity index (χ1v) is 8.44. The fraction of sp³-hybridized carbons (Fsp3) is 0.471. The minimum atomic E-state index is -0.303. The second-order valence-corrected chi connectivity index (χ2v) is 6.23. The van der Waals surface area contributed by atoms with E-state index < -0.39 is 0 Å². The number of aromatic nitrogens is 4. The summed E-state index contributed by atoms with van der Waals surface area (Å²) < 4.78 is 20.6. The van der Waals surface area contributed by atoms with Gasteiger partial charge in [-0.05, 0) is 43.1 Å². The molecule has 0 aliphatic heterocycles. The van der Waals surface area contributed by atoms with E-state index in [-0.39, 0.29) is 5.82 Å². The Bertz CT molecular complexity index is 865. The minimum Gasteiger partial charge on any atom is -0.337 e. The van der Waals surface area contributed by atoms with Gasteiger partial charge in [0, 0.05) is 23.4 Å². The van der Waals surface area contributed by atoms with Crippen LogP contribution in [-0.4, -0.2) is 32.5 Å². The van der Waals surface area contributed by atoms with Crippen molar-refractivity contribution in [3.63, 3.8) is 0 Å². The van der Waals surface area contributed by atoms with E-state index in [2.05, 4.69) is 27.5 Å². The SMILES string of the molecule is CCNC1CC(c2nc(-n3nc(CC)c4ccc(F)cc43)no2)C1. The third-order valence-corrected chi connectivity index (χ3v) is 4.66. The zero-order chi connectivity index (χ0) is 16.7. The Morgan fingerprint density at radius 2 is 2.17 bits per heavy atom. The smallest absolute Gasteiger partial charge is 0.291 e. The lowest BCUT2D eigenvalue weighted by Gasteiger charge is -2.33. The molecule has 2 heterocycles. The number of fused-ring (bicyclic) bond motifs is 1. The summed E-state index contributed by atoms with van der Waals surface area (Å²) >= 11 is 0. The van der Waals surface area contributed by atoms with Gasteiger partial charge in [-0.2, -0.15) is 14.8 Å². The number of rotatable bonds is 5. The fourth-order valence-electron chi connectivity index (χ4n) is 3.32. The van der Waals surface area contributed by atoms with E-state index in [1.165, 1.54) is 12.1 Å². The molecule has 0 radical (unpaired) electrons. The molecule has 0 atom stereocenters. The summed E-state index contributed by atoms with van der Waals surface area (Å²) in [6, 6.07) is 5.19. The molecule has 126 valence electrons. The molecule has 1 N–H and O–H groups in total. The molecular formula is C17H20FN5O. The van der Waals surface area contributed by atoms with Gasteiger partial charge < -0.3 is 9.84 Å². The van der Waals surface area contributed by atoms with Crippen molar-refractivity contribution in [2.75, 3.05) is 6.54 Å². The molecule has 7 heteroatoms. The Balaban J connectivity index is 1.65. The van der Waals surface area contributed by atoms with E-state index >= 15 is 0 Å². The van der Waals surface area contributed by atoms with Crippen molar-refractivity contribution in [2.45, 2.75) is 45.1 Å². The first-order chi connectivity index (χ1) is 11.7. The van der Waals surface area contributed by atoms with Crippen LogP contribution in [0.15, 0.2) is 22.7 Å². The van der Waals surface area contributed by atoms with Crippen LogP contribution in [0.2, 0.25) is 0 Å². The second-order valence-electron chi connectivity index (χ2n) is 6.23. The Labute approximate surface area is 139 Å². The Kier molecular flexibility index (Phi) is 3.80. The van der Waals surface area contributed by atoms with Crippen molar-refractivity contribution >= 4 is 10.9 Å². The van der Waals surface area contributed by atoms with Gasteiger partial charge in [0.1, 0.15) is 5.82 Å². The molecule has 0 unspecified atom stereocenters. The van der Waals surface area contributed by atoms with Crippen LogP contribution in [0.25, 0.3) is 16.9 Å². The van der Waals surface area contributed by atoms with Crippen molar-refractivity contribution < 1.29 is 8.91 Å². The maximum atomic E-state index is 13.6. The fourth-order valence-corrected chi connectivity index (χ4v) is 3.32. The second kappa shape index (κ2) is 5.98. The number of hydrogen-bond donors (Lipinski definition) is 1. The zero-order valence-corrected chi connectivity index (χ0v) is 13.8. The van der Waals surface area contributed by atoms with Gasteiger partial charge in [-0.3, -0.25) is 0 Å². The largest absolute Gasteiger partial charge is 0.337 e. The summed E-state index contributed by atoms with van der Waals surface area (Å²) in [7, 11) is 0. The molecule has 1 saturated carbocycles. The maximum Gasteiger partial charge on any atom is 0.291 e. The number of halogens is 1. The van der Waals surface area contributed by atoms with Crippen LogP contribution >= 0.6 is 0 Å². The predicted octanol–water partition coefficient (Wildman–Crippen LogP) is 2.97. The molecule has 0 amide bonds. The van der Waals surface area contributed by atoms with E-state index in [1.54, 1.807) is 10.7 Å². The van der Waals surface area contributed by atoms with Crippen LogP contribution in [0.1, 0.15) is 44.2 Å². The van der Waals surface area contributed by atoms with Crippen molar-refractivity contribution in [1.29, 1.82) is 0 Å². The normalized spacial score (nSPS) is 20.5. The molecule has 6 nitrogen and oxygen atoms in total. The number of hydrogen-bond acceptors (Lipinski definition) is 5. The molecule has 1 aromatic carbocycles. The highest BCUT2D eigenvalue weighted by Crippen LogP contribution is 2.36. The average molecular weight is 329 g/mol. The Morgan fingerprint density at radius 1 is 1.33 bits per heavy atom. The average Bonchev–Trinajstić information content (AvgIpc) is 3.14. The van der Waals surface area contributed by atoms with E-state index in [1.807, 2.05) is 6.92 Å². The number of nitrogens with zero attached hydrogens (tertiary/aromatic N) is 4. The number of benzene rings is 1. The standard InChI is InChI=1S/C17H20FN5O/c1-3-14-13-6-5-11(18)9-15(13)23(21-14)17-20-16(24-22-17)10-7-12(8-10)19-4-2/h5-6,9-10,12,19H,3-4,7-8H2,1-2H3. The van der Waals surface area contributed by atoms with Crippen molar-refractivity contribution in [3.05, 3.63) is 35.6 Å². The number of aryl methyl sites for hydroxylation is 1. The van der Waals surface area contributed by atoms with Crippen LogP contribution in [0.4, 0.5) is 4.39 Å². The summed E-state index contributed by atoms with van der Waals surface area (Å²) in [5, 5.41) is 12.9. The van der Waals surface area contributed by atoms with Crippen LogP contribution in [-0.2, 0) is 6.42 Å². The monoisotopic (exact) mass is 329 g/mol. The first-order valence-electron chi connectivity index (χ1n) is 8.44. The molecule has 1 aliphatic carbocycles. The molecule has 3 aromatic rings. The van der Waals surface area contributed by atoms with E-state index in [9.17, 15) is 4.39 Å². The predicted molar refractivity (Wildman–Crippen MR) is 87.7 cm³/mol. The Hall–Kier alpha value is -2.28. The molecular weight excluding hydrogens is 309 g/mol. The lowest BCUT2D eigenvalue weighted by molar-refractivity contribution is 0.236. The topological polar surface area (TPSA) is 68.8 Å². The molecule has 2 aromatic heterocycles. The highest BCUT2D eigenvalue weighted by atomic mass is 19.1.